The molecule has 0 aliphatic carbocycles. The van der Waals surface area contributed by atoms with Crippen LogP contribution in [-0.4, -0.2) is 63.4 Å². The second-order valence-corrected chi connectivity index (χ2v) is 6.25. The third kappa shape index (κ3) is 3.43. The summed E-state index contributed by atoms with van der Waals surface area (Å²) in [5.74, 6) is 1.88. The predicted octanol–water partition coefficient (Wildman–Crippen LogP) is 1.61. The van der Waals surface area contributed by atoms with Crippen LogP contribution in [0, 0.1) is 0 Å². The number of morpholine rings is 1. The van der Waals surface area contributed by atoms with Crippen LogP contribution in [0.4, 0.5) is 0 Å². The SMILES string of the molecule is Cn1c(SCCN2CCOCC2)nnc1-c1ccccc1O. The van der Waals surface area contributed by atoms with Gasteiger partial charge in [0.2, 0.25) is 0 Å². The number of hydrogen-bond acceptors (Lipinski definition) is 6. The molecule has 0 unspecified atom stereocenters. The Kier molecular flexibility index (Phi) is 4.97. The first-order valence-corrected chi connectivity index (χ1v) is 8.35. The lowest BCUT2D eigenvalue weighted by atomic mass is 10.2. The molecule has 0 spiro atoms. The van der Waals surface area contributed by atoms with Crippen molar-refractivity contribution in [1.82, 2.24) is 19.7 Å². The standard InChI is InChI=1S/C15H20N4O2S/c1-18-14(12-4-2-3-5-13(12)20)16-17-15(18)22-11-8-19-6-9-21-10-7-19/h2-5,20H,6-11H2,1H3. The van der Waals surface area contributed by atoms with Gasteiger partial charge >= 0.3 is 0 Å². The van der Waals surface area contributed by atoms with Gasteiger partial charge in [0, 0.05) is 32.4 Å². The summed E-state index contributed by atoms with van der Waals surface area (Å²) in [6.07, 6.45) is 0. The van der Waals surface area contributed by atoms with E-state index in [1.807, 2.05) is 23.7 Å². The second kappa shape index (κ2) is 7.13. The molecule has 1 aromatic carbocycles. The zero-order chi connectivity index (χ0) is 15.4. The van der Waals surface area contributed by atoms with Gasteiger partial charge in [0.05, 0.1) is 18.8 Å². The number of benzene rings is 1. The topological polar surface area (TPSA) is 63.4 Å². The van der Waals surface area contributed by atoms with Gasteiger partial charge in [0.15, 0.2) is 11.0 Å². The minimum absolute atomic E-state index is 0.225. The highest BCUT2D eigenvalue weighted by Gasteiger charge is 2.15. The third-order valence-corrected chi connectivity index (χ3v) is 4.72. The molecule has 1 aliphatic heterocycles. The largest absolute Gasteiger partial charge is 0.507 e. The molecule has 0 saturated carbocycles. The molecule has 1 fully saturated rings. The number of aromatic hydroxyl groups is 1. The molecule has 2 aromatic rings. The second-order valence-electron chi connectivity index (χ2n) is 5.18. The van der Waals surface area contributed by atoms with Crippen molar-refractivity contribution < 1.29 is 9.84 Å². The zero-order valence-corrected chi connectivity index (χ0v) is 13.4. The summed E-state index contributed by atoms with van der Waals surface area (Å²) in [6.45, 7) is 4.68. The van der Waals surface area contributed by atoms with Crippen LogP contribution in [0.5, 0.6) is 5.75 Å². The van der Waals surface area contributed by atoms with Crippen molar-refractivity contribution in [2.24, 2.45) is 7.05 Å². The van der Waals surface area contributed by atoms with Gasteiger partial charge in [-0.2, -0.15) is 0 Å². The van der Waals surface area contributed by atoms with Crippen LogP contribution in [-0.2, 0) is 11.8 Å². The molecule has 6 nitrogen and oxygen atoms in total. The molecule has 1 saturated heterocycles. The smallest absolute Gasteiger partial charge is 0.191 e. The van der Waals surface area contributed by atoms with Crippen LogP contribution in [0.15, 0.2) is 29.4 Å². The molecule has 1 N–H and O–H groups in total. The van der Waals surface area contributed by atoms with Gasteiger partial charge < -0.3 is 14.4 Å². The van der Waals surface area contributed by atoms with E-state index >= 15 is 0 Å². The molecule has 3 rings (SSSR count). The summed E-state index contributed by atoms with van der Waals surface area (Å²) < 4.78 is 7.28. The van der Waals surface area contributed by atoms with Crippen molar-refractivity contribution in [2.45, 2.75) is 5.16 Å². The van der Waals surface area contributed by atoms with Crippen LogP contribution in [0.2, 0.25) is 0 Å². The molecule has 1 aliphatic rings. The van der Waals surface area contributed by atoms with E-state index in [9.17, 15) is 5.11 Å². The summed E-state index contributed by atoms with van der Waals surface area (Å²) in [5.41, 5.74) is 0.706. The number of rotatable bonds is 5. The Morgan fingerprint density at radius 2 is 2.00 bits per heavy atom. The molecule has 0 amide bonds. The number of phenolic OH excluding ortho intramolecular Hbond substituents is 1. The fraction of sp³-hybridized carbons (Fsp3) is 0.467. The molecule has 0 bridgehead atoms. The Bertz CT molecular complexity index is 626. The highest BCUT2D eigenvalue weighted by molar-refractivity contribution is 7.99. The van der Waals surface area contributed by atoms with Crippen LogP contribution in [0.1, 0.15) is 0 Å². The Labute approximate surface area is 134 Å². The van der Waals surface area contributed by atoms with E-state index in [2.05, 4.69) is 15.1 Å². The van der Waals surface area contributed by atoms with Gasteiger partial charge in [-0.15, -0.1) is 10.2 Å². The van der Waals surface area contributed by atoms with Crippen molar-refractivity contribution in [1.29, 1.82) is 0 Å². The molecule has 7 heteroatoms. The van der Waals surface area contributed by atoms with Crippen molar-refractivity contribution in [2.75, 3.05) is 38.6 Å². The Morgan fingerprint density at radius 3 is 2.77 bits per heavy atom. The number of hydrogen-bond donors (Lipinski definition) is 1. The van der Waals surface area contributed by atoms with E-state index < -0.39 is 0 Å². The molecule has 22 heavy (non-hydrogen) atoms. The van der Waals surface area contributed by atoms with E-state index in [0.717, 1.165) is 43.8 Å². The fourth-order valence-corrected chi connectivity index (χ4v) is 3.34. The molecular formula is C15H20N4O2S. The normalized spacial score (nSPS) is 16.0. The number of aromatic nitrogens is 3. The molecular weight excluding hydrogens is 300 g/mol. The molecule has 0 radical (unpaired) electrons. The van der Waals surface area contributed by atoms with Crippen LogP contribution in [0.25, 0.3) is 11.4 Å². The van der Waals surface area contributed by atoms with Crippen LogP contribution >= 0.6 is 11.8 Å². The van der Waals surface area contributed by atoms with Gasteiger partial charge in [0.25, 0.3) is 0 Å². The first-order chi connectivity index (χ1) is 10.8. The molecule has 118 valence electrons. The zero-order valence-electron chi connectivity index (χ0n) is 12.6. The Balaban J connectivity index is 1.62. The number of nitrogens with zero attached hydrogens (tertiary/aromatic N) is 4. The minimum Gasteiger partial charge on any atom is -0.507 e. The van der Waals surface area contributed by atoms with Crippen molar-refractivity contribution in [3.8, 4) is 17.1 Å². The average Bonchev–Trinajstić information content (AvgIpc) is 2.90. The van der Waals surface area contributed by atoms with Crippen molar-refractivity contribution in [3.63, 3.8) is 0 Å². The lowest BCUT2D eigenvalue weighted by Gasteiger charge is -2.26. The first kappa shape index (κ1) is 15.3. The maximum Gasteiger partial charge on any atom is 0.191 e. The average molecular weight is 320 g/mol. The highest BCUT2D eigenvalue weighted by Crippen LogP contribution is 2.29. The summed E-state index contributed by atoms with van der Waals surface area (Å²) in [5, 5.41) is 19.3. The quantitative estimate of drug-likeness (QED) is 0.845. The van der Waals surface area contributed by atoms with Gasteiger partial charge in [-0.25, -0.2) is 0 Å². The Morgan fingerprint density at radius 1 is 1.23 bits per heavy atom. The van der Waals surface area contributed by atoms with E-state index in [4.69, 9.17) is 4.74 Å². The monoisotopic (exact) mass is 320 g/mol. The van der Waals surface area contributed by atoms with Gasteiger partial charge in [-0.3, -0.25) is 4.90 Å². The van der Waals surface area contributed by atoms with E-state index in [-0.39, 0.29) is 5.75 Å². The lowest BCUT2D eigenvalue weighted by Crippen LogP contribution is -2.37. The number of thioether (sulfide) groups is 1. The van der Waals surface area contributed by atoms with Crippen LogP contribution in [0.3, 0.4) is 0 Å². The van der Waals surface area contributed by atoms with Gasteiger partial charge in [-0.1, -0.05) is 23.9 Å². The van der Waals surface area contributed by atoms with Crippen molar-refractivity contribution >= 4 is 11.8 Å². The number of phenols is 1. The molecule has 1 aromatic heterocycles. The van der Waals surface area contributed by atoms with Crippen molar-refractivity contribution in [3.05, 3.63) is 24.3 Å². The summed E-state index contributed by atoms with van der Waals surface area (Å²) in [7, 11) is 1.93. The summed E-state index contributed by atoms with van der Waals surface area (Å²) in [6, 6.07) is 7.19. The van der Waals surface area contributed by atoms with E-state index in [1.165, 1.54) is 0 Å². The lowest BCUT2D eigenvalue weighted by molar-refractivity contribution is 0.0410. The van der Waals surface area contributed by atoms with Gasteiger partial charge in [-0.05, 0) is 12.1 Å². The van der Waals surface area contributed by atoms with E-state index in [1.54, 1.807) is 23.9 Å². The summed E-state index contributed by atoms with van der Waals surface area (Å²) in [4.78, 5) is 2.40. The summed E-state index contributed by atoms with van der Waals surface area (Å²) >= 11 is 1.69. The van der Waals surface area contributed by atoms with E-state index in [0.29, 0.717) is 11.4 Å². The molecule has 2 heterocycles. The molecule has 0 atom stereocenters. The number of para-hydroxylation sites is 1. The highest BCUT2D eigenvalue weighted by atomic mass is 32.2. The van der Waals surface area contributed by atoms with Gasteiger partial charge in [0.1, 0.15) is 5.75 Å². The maximum absolute atomic E-state index is 9.94. The maximum atomic E-state index is 9.94. The van der Waals surface area contributed by atoms with Crippen LogP contribution < -0.4 is 0 Å². The minimum atomic E-state index is 0.225. The first-order valence-electron chi connectivity index (χ1n) is 7.36. The third-order valence-electron chi connectivity index (χ3n) is 3.72. The fourth-order valence-electron chi connectivity index (χ4n) is 2.43. The Hall–Kier alpha value is -1.57. The number of ether oxygens (including phenoxy) is 1. The predicted molar refractivity (Wildman–Crippen MR) is 86.1 cm³/mol.